The maximum atomic E-state index is 13.2. The molecule has 1 unspecified atom stereocenters. The summed E-state index contributed by atoms with van der Waals surface area (Å²) in [7, 11) is 0. The van der Waals surface area contributed by atoms with Crippen molar-refractivity contribution in [1.82, 2.24) is 10.5 Å². The summed E-state index contributed by atoms with van der Waals surface area (Å²) in [6.45, 7) is -0.0766. The number of hydrogen-bond donors (Lipinski definition) is 2. The van der Waals surface area contributed by atoms with Gasteiger partial charge in [0, 0.05) is 12.6 Å². The molecule has 0 aliphatic carbocycles. The molecule has 2 aromatic rings. The zero-order valence-electron chi connectivity index (χ0n) is 9.64. The van der Waals surface area contributed by atoms with E-state index in [1.165, 1.54) is 24.5 Å². The topological polar surface area (TPSA) is 75.4 Å². The van der Waals surface area contributed by atoms with Crippen LogP contribution in [0.15, 0.2) is 35.1 Å². The minimum absolute atomic E-state index is 0.0254. The Hall–Kier alpha value is -1.92. The van der Waals surface area contributed by atoms with Crippen molar-refractivity contribution < 1.29 is 18.8 Å². The number of hydrogen-bond acceptors (Lipinski definition) is 4. The maximum absolute atomic E-state index is 13.2. The largest absolute Gasteiger partial charge is 0.387 e. The first-order valence-corrected chi connectivity index (χ1v) is 5.77. The van der Waals surface area contributed by atoms with Gasteiger partial charge in [-0.3, -0.25) is 4.79 Å². The van der Waals surface area contributed by atoms with Crippen LogP contribution in [0.25, 0.3) is 0 Å². The van der Waals surface area contributed by atoms with Crippen molar-refractivity contribution in [2.45, 2.75) is 6.10 Å². The lowest BCUT2D eigenvalue weighted by atomic mass is 10.1. The molecule has 19 heavy (non-hydrogen) atoms. The minimum Gasteiger partial charge on any atom is -0.387 e. The maximum Gasteiger partial charge on any atom is 0.273 e. The average molecular weight is 285 g/mol. The van der Waals surface area contributed by atoms with E-state index in [1.54, 1.807) is 0 Å². The van der Waals surface area contributed by atoms with E-state index in [9.17, 15) is 14.3 Å². The third-order valence-electron chi connectivity index (χ3n) is 2.45. The predicted octanol–water partition coefficient (Wildman–Crippen LogP) is 1.93. The van der Waals surface area contributed by atoms with E-state index in [0.717, 1.165) is 6.07 Å². The Morgan fingerprint density at radius 2 is 2.32 bits per heavy atom. The first kappa shape index (κ1) is 13.5. The van der Waals surface area contributed by atoms with Gasteiger partial charge in [0.1, 0.15) is 12.1 Å². The van der Waals surface area contributed by atoms with Crippen molar-refractivity contribution in [2.24, 2.45) is 0 Å². The van der Waals surface area contributed by atoms with Gasteiger partial charge in [-0.2, -0.15) is 0 Å². The molecule has 1 heterocycles. The van der Waals surface area contributed by atoms with Crippen LogP contribution in [-0.2, 0) is 0 Å². The lowest BCUT2D eigenvalue weighted by Crippen LogP contribution is -2.28. The van der Waals surface area contributed by atoms with Crippen molar-refractivity contribution in [3.63, 3.8) is 0 Å². The molecule has 0 spiro atoms. The Morgan fingerprint density at radius 1 is 1.53 bits per heavy atom. The van der Waals surface area contributed by atoms with Crippen LogP contribution in [0.2, 0.25) is 5.02 Å². The second kappa shape index (κ2) is 5.81. The summed E-state index contributed by atoms with van der Waals surface area (Å²) >= 11 is 5.54. The van der Waals surface area contributed by atoms with E-state index in [4.69, 9.17) is 11.6 Å². The van der Waals surface area contributed by atoms with Crippen LogP contribution >= 0.6 is 11.6 Å². The van der Waals surface area contributed by atoms with E-state index >= 15 is 0 Å². The lowest BCUT2D eigenvalue weighted by Gasteiger charge is -2.12. The zero-order chi connectivity index (χ0) is 13.8. The first-order chi connectivity index (χ1) is 9.08. The van der Waals surface area contributed by atoms with Crippen molar-refractivity contribution in [2.75, 3.05) is 6.54 Å². The number of halogens is 2. The molecule has 1 aromatic carbocycles. The Kier molecular flexibility index (Phi) is 4.13. The molecule has 2 N–H and O–H groups in total. The average Bonchev–Trinajstić information content (AvgIpc) is 2.92. The monoisotopic (exact) mass is 284 g/mol. The number of nitrogens with one attached hydrogen (secondary N) is 1. The van der Waals surface area contributed by atoms with E-state index in [0.29, 0.717) is 5.56 Å². The van der Waals surface area contributed by atoms with Crippen molar-refractivity contribution >= 4 is 17.5 Å². The molecule has 7 heteroatoms. The second-order valence-electron chi connectivity index (χ2n) is 3.78. The van der Waals surface area contributed by atoms with Crippen molar-refractivity contribution in [3.8, 4) is 0 Å². The van der Waals surface area contributed by atoms with Gasteiger partial charge in [-0.1, -0.05) is 22.8 Å². The van der Waals surface area contributed by atoms with E-state index in [1.807, 2.05) is 0 Å². The molecule has 100 valence electrons. The van der Waals surface area contributed by atoms with Crippen LogP contribution in [0.4, 0.5) is 4.39 Å². The Morgan fingerprint density at radius 3 is 2.95 bits per heavy atom. The summed E-state index contributed by atoms with van der Waals surface area (Å²) in [6, 6.07) is 5.34. The highest BCUT2D eigenvalue weighted by Gasteiger charge is 2.13. The minimum atomic E-state index is -1.04. The predicted molar refractivity (Wildman–Crippen MR) is 65.2 cm³/mol. The molecule has 1 amide bonds. The smallest absolute Gasteiger partial charge is 0.273 e. The van der Waals surface area contributed by atoms with E-state index in [-0.39, 0.29) is 17.3 Å². The summed E-state index contributed by atoms with van der Waals surface area (Å²) in [5, 5.41) is 15.7. The number of aromatic nitrogens is 1. The standard InChI is InChI=1S/C12H10ClFN2O3/c13-8-2-1-7(5-9(8)14)11(17)6-15-12(18)10-3-4-19-16-10/h1-5,11,17H,6H2,(H,15,18). The summed E-state index contributed by atoms with van der Waals surface area (Å²) in [5.74, 6) is -1.11. The van der Waals surface area contributed by atoms with Crippen LogP contribution in [0.1, 0.15) is 22.2 Å². The SMILES string of the molecule is O=C(NCC(O)c1ccc(Cl)c(F)c1)c1ccon1. The van der Waals surface area contributed by atoms with E-state index < -0.39 is 17.8 Å². The highest BCUT2D eigenvalue weighted by Crippen LogP contribution is 2.19. The number of nitrogens with zero attached hydrogens (tertiary/aromatic N) is 1. The summed E-state index contributed by atoms with van der Waals surface area (Å²) in [5.41, 5.74) is 0.428. The molecule has 0 aliphatic heterocycles. The fourth-order valence-electron chi connectivity index (χ4n) is 1.45. The third-order valence-corrected chi connectivity index (χ3v) is 2.76. The number of carbonyl (C=O) groups excluding carboxylic acids is 1. The van der Waals surface area contributed by atoms with Crippen molar-refractivity contribution in [3.05, 3.63) is 52.6 Å². The number of aliphatic hydroxyl groups is 1. The van der Waals surface area contributed by atoms with Gasteiger partial charge in [0.2, 0.25) is 0 Å². The summed E-state index contributed by atoms with van der Waals surface area (Å²) in [4.78, 5) is 11.5. The van der Waals surface area contributed by atoms with Gasteiger partial charge in [-0.15, -0.1) is 0 Å². The van der Waals surface area contributed by atoms with Crippen LogP contribution in [0.3, 0.4) is 0 Å². The fraction of sp³-hybridized carbons (Fsp3) is 0.167. The molecule has 1 aromatic heterocycles. The molecule has 0 radical (unpaired) electrons. The van der Waals surface area contributed by atoms with Gasteiger partial charge in [0.25, 0.3) is 5.91 Å². The highest BCUT2D eigenvalue weighted by molar-refractivity contribution is 6.30. The molecule has 0 fully saturated rings. The van der Waals surface area contributed by atoms with Gasteiger partial charge in [0.05, 0.1) is 11.1 Å². The van der Waals surface area contributed by atoms with Crippen molar-refractivity contribution in [1.29, 1.82) is 0 Å². The molecular formula is C12H10ClFN2O3. The van der Waals surface area contributed by atoms with Gasteiger partial charge < -0.3 is 14.9 Å². The Bertz CT molecular complexity index is 574. The molecule has 0 aliphatic rings. The zero-order valence-corrected chi connectivity index (χ0v) is 10.4. The number of carbonyl (C=O) groups is 1. The molecule has 1 atom stereocenters. The van der Waals surface area contributed by atoms with Crippen LogP contribution in [0, 0.1) is 5.82 Å². The Labute approximate surface area is 113 Å². The van der Waals surface area contributed by atoms with Gasteiger partial charge in [-0.05, 0) is 17.7 Å². The van der Waals surface area contributed by atoms with E-state index in [2.05, 4.69) is 15.0 Å². The summed E-state index contributed by atoms with van der Waals surface area (Å²) < 4.78 is 17.7. The summed E-state index contributed by atoms with van der Waals surface area (Å²) in [6.07, 6.45) is 0.225. The van der Waals surface area contributed by atoms with Crippen LogP contribution in [-0.4, -0.2) is 22.7 Å². The van der Waals surface area contributed by atoms with Gasteiger partial charge in [-0.25, -0.2) is 4.39 Å². The third kappa shape index (κ3) is 3.30. The number of benzene rings is 1. The number of aliphatic hydroxyl groups excluding tert-OH is 1. The molecular weight excluding hydrogens is 275 g/mol. The van der Waals surface area contributed by atoms with Gasteiger partial charge >= 0.3 is 0 Å². The normalized spacial score (nSPS) is 12.2. The lowest BCUT2D eigenvalue weighted by molar-refractivity contribution is 0.0907. The van der Waals surface area contributed by atoms with Crippen LogP contribution in [0.5, 0.6) is 0 Å². The Balaban J connectivity index is 1.95. The highest BCUT2D eigenvalue weighted by atomic mass is 35.5. The quantitative estimate of drug-likeness (QED) is 0.899. The molecule has 0 saturated heterocycles. The molecule has 0 saturated carbocycles. The van der Waals surface area contributed by atoms with Gasteiger partial charge in [0.15, 0.2) is 5.69 Å². The first-order valence-electron chi connectivity index (χ1n) is 5.39. The molecule has 2 rings (SSSR count). The molecule has 5 nitrogen and oxygen atoms in total. The fourth-order valence-corrected chi connectivity index (χ4v) is 1.56. The second-order valence-corrected chi connectivity index (χ2v) is 4.19. The molecule has 0 bridgehead atoms. The number of rotatable bonds is 4. The number of amides is 1. The van der Waals surface area contributed by atoms with Crippen LogP contribution < -0.4 is 5.32 Å².